The fourth-order valence-corrected chi connectivity index (χ4v) is 3.36. The van der Waals surface area contributed by atoms with Crippen molar-refractivity contribution in [2.24, 2.45) is 0 Å². The van der Waals surface area contributed by atoms with Crippen LogP contribution < -0.4 is 5.32 Å². The van der Waals surface area contributed by atoms with Crippen molar-refractivity contribution in [1.82, 2.24) is 4.98 Å². The Balaban J connectivity index is 1.71. The Hall–Kier alpha value is -2.26. The molecule has 0 unspecified atom stereocenters. The quantitative estimate of drug-likeness (QED) is 0.714. The summed E-state index contributed by atoms with van der Waals surface area (Å²) in [5.41, 5.74) is 3.56. The predicted octanol–water partition coefficient (Wildman–Crippen LogP) is 4.80. The summed E-state index contributed by atoms with van der Waals surface area (Å²) in [6.45, 7) is 2.00. The maximum absolute atomic E-state index is 12.9. The molecule has 1 aliphatic carbocycles. The van der Waals surface area contributed by atoms with Crippen molar-refractivity contribution in [3.05, 3.63) is 64.8 Å². The second kappa shape index (κ2) is 5.14. The molecule has 1 aromatic heterocycles. The van der Waals surface area contributed by atoms with E-state index in [-0.39, 0.29) is 5.91 Å². The number of amides is 1. The molecule has 0 spiro atoms. The fourth-order valence-electron chi connectivity index (χ4n) is 3.19. The van der Waals surface area contributed by atoms with Crippen LogP contribution in [0.5, 0.6) is 0 Å². The van der Waals surface area contributed by atoms with E-state index in [1.807, 2.05) is 55.6 Å². The van der Waals surface area contributed by atoms with E-state index in [4.69, 9.17) is 11.6 Å². The lowest BCUT2D eigenvalue weighted by molar-refractivity contribution is -0.118. The minimum absolute atomic E-state index is 0.0627. The lowest BCUT2D eigenvalue weighted by Gasteiger charge is -2.16. The summed E-state index contributed by atoms with van der Waals surface area (Å²) in [5.74, 6) is 0.0627. The number of fused-ring (bicyclic) bond motifs is 1. The Morgan fingerprint density at radius 2 is 2.00 bits per heavy atom. The first kappa shape index (κ1) is 14.3. The molecule has 0 atom stereocenters. The molecular weight excluding hydrogens is 308 g/mol. The molecule has 3 nitrogen and oxygen atoms in total. The normalized spacial score (nSPS) is 15.6. The molecule has 2 N–H and O–H groups in total. The van der Waals surface area contributed by atoms with E-state index in [1.54, 1.807) is 0 Å². The summed E-state index contributed by atoms with van der Waals surface area (Å²) in [5, 5.41) is 4.82. The van der Waals surface area contributed by atoms with E-state index in [1.165, 1.54) is 0 Å². The molecule has 23 heavy (non-hydrogen) atoms. The highest BCUT2D eigenvalue weighted by molar-refractivity contribution is 6.31. The molecular formula is C19H17ClN2O. The van der Waals surface area contributed by atoms with Crippen molar-refractivity contribution in [1.29, 1.82) is 0 Å². The number of nitrogens with one attached hydrogen (secondary N) is 2. The molecule has 1 saturated carbocycles. The van der Waals surface area contributed by atoms with Crippen molar-refractivity contribution in [3.63, 3.8) is 0 Å². The molecule has 1 fully saturated rings. The zero-order valence-electron chi connectivity index (χ0n) is 12.8. The molecule has 0 aliphatic heterocycles. The first-order chi connectivity index (χ1) is 11.1. The zero-order chi connectivity index (χ0) is 16.0. The topological polar surface area (TPSA) is 44.9 Å². The first-order valence-electron chi connectivity index (χ1n) is 7.74. The van der Waals surface area contributed by atoms with Crippen LogP contribution in [0.25, 0.3) is 10.9 Å². The number of aromatic amines is 1. The fraction of sp³-hybridized carbons (Fsp3) is 0.211. The van der Waals surface area contributed by atoms with E-state index in [2.05, 4.69) is 10.3 Å². The molecule has 0 saturated heterocycles. The van der Waals surface area contributed by atoms with Crippen LogP contribution in [0.15, 0.2) is 48.7 Å². The molecule has 0 bridgehead atoms. The highest BCUT2D eigenvalue weighted by Crippen LogP contribution is 2.51. The van der Waals surface area contributed by atoms with Gasteiger partial charge in [-0.1, -0.05) is 29.8 Å². The summed E-state index contributed by atoms with van der Waals surface area (Å²) in [6, 6.07) is 13.6. The number of hydrogen-bond donors (Lipinski definition) is 2. The van der Waals surface area contributed by atoms with Gasteiger partial charge in [0.25, 0.3) is 0 Å². The number of aromatic nitrogens is 1. The lowest BCUT2D eigenvalue weighted by Crippen LogP contribution is -2.27. The first-order valence-corrected chi connectivity index (χ1v) is 8.12. The van der Waals surface area contributed by atoms with Crippen LogP contribution in [0, 0.1) is 6.92 Å². The van der Waals surface area contributed by atoms with Crippen LogP contribution in [0.3, 0.4) is 0 Å². The number of para-hydroxylation sites is 1. The summed E-state index contributed by atoms with van der Waals surface area (Å²) < 4.78 is 0. The number of benzene rings is 2. The van der Waals surface area contributed by atoms with Crippen molar-refractivity contribution < 1.29 is 4.79 Å². The monoisotopic (exact) mass is 324 g/mol. The van der Waals surface area contributed by atoms with Crippen molar-refractivity contribution in [2.45, 2.75) is 25.2 Å². The highest BCUT2D eigenvalue weighted by Gasteiger charge is 2.52. The van der Waals surface area contributed by atoms with Crippen LogP contribution in [0.1, 0.15) is 24.0 Å². The van der Waals surface area contributed by atoms with Crippen molar-refractivity contribution in [3.8, 4) is 0 Å². The van der Waals surface area contributed by atoms with E-state index < -0.39 is 5.41 Å². The summed E-state index contributed by atoms with van der Waals surface area (Å²) >= 11 is 6.13. The smallest absolute Gasteiger partial charge is 0.235 e. The number of anilines is 1. The van der Waals surface area contributed by atoms with Gasteiger partial charge in [0.05, 0.1) is 5.41 Å². The molecule has 0 radical (unpaired) electrons. The molecule has 4 heteroatoms. The average molecular weight is 325 g/mol. The molecule has 1 heterocycles. The van der Waals surface area contributed by atoms with Gasteiger partial charge in [0, 0.05) is 27.8 Å². The largest absolute Gasteiger partial charge is 0.361 e. The summed E-state index contributed by atoms with van der Waals surface area (Å²) in [4.78, 5) is 16.2. The summed E-state index contributed by atoms with van der Waals surface area (Å²) in [7, 11) is 0. The van der Waals surface area contributed by atoms with Crippen LogP contribution in [-0.2, 0) is 10.2 Å². The van der Waals surface area contributed by atoms with Crippen LogP contribution in [-0.4, -0.2) is 10.9 Å². The minimum Gasteiger partial charge on any atom is -0.361 e. The molecule has 116 valence electrons. The molecule has 2 aromatic carbocycles. The standard InChI is InChI=1S/C19H17ClN2O/c1-12-4-2-3-5-16(12)22-18(23)19(8-9-19)15-11-21-17-7-6-13(20)10-14(15)17/h2-7,10-11,21H,8-9H2,1H3,(H,22,23). The number of hydrogen-bond acceptors (Lipinski definition) is 1. The van der Waals surface area contributed by atoms with Gasteiger partial charge in [-0.3, -0.25) is 4.79 Å². The van der Waals surface area contributed by atoms with Gasteiger partial charge in [0.1, 0.15) is 0 Å². The number of carbonyl (C=O) groups is 1. The SMILES string of the molecule is Cc1ccccc1NC(=O)C1(c2c[nH]c3ccc(Cl)cc23)CC1. The third kappa shape index (κ3) is 2.32. The number of aryl methyl sites for hydroxylation is 1. The van der Waals surface area contributed by atoms with Crippen molar-refractivity contribution in [2.75, 3.05) is 5.32 Å². The third-order valence-corrected chi connectivity index (χ3v) is 4.97. The van der Waals surface area contributed by atoms with Gasteiger partial charge in [-0.15, -0.1) is 0 Å². The Kier molecular flexibility index (Phi) is 3.20. The zero-order valence-corrected chi connectivity index (χ0v) is 13.6. The molecule has 3 aromatic rings. The van der Waals surface area contributed by atoms with E-state index in [0.717, 1.165) is 40.6 Å². The number of halogens is 1. The molecule has 1 amide bonds. The van der Waals surface area contributed by atoms with Crippen LogP contribution in [0.2, 0.25) is 5.02 Å². The van der Waals surface area contributed by atoms with Gasteiger partial charge in [0.15, 0.2) is 0 Å². The number of rotatable bonds is 3. The second-order valence-corrected chi connectivity index (χ2v) is 6.68. The summed E-state index contributed by atoms with van der Waals surface area (Å²) in [6.07, 6.45) is 3.68. The lowest BCUT2D eigenvalue weighted by atomic mass is 9.94. The van der Waals surface area contributed by atoms with Gasteiger partial charge in [-0.05, 0) is 55.2 Å². The number of H-pyrrole nitrogens is 1. The van der Waals surface area contributed by atoms with E-state index in [0.29, 0.717) is 5.02 Å². The Morgan fingerprint density at radius 1 is 1.22 bits per heavy atom. The Labute approximate surface area is 139 Å². The van der Waals surface area contributed by atoms with E-state index >= 15 is 0 Å². The molecule has 1 aliphatic rings. The Bertz CT molecular complexity index is 909. The average Bonchev–Trinajstić information content (AvgIpc) is 3.24. The second-order valence-electron chi connectivity index (χ2n) is 6.24. The van der Waals surface area contributed by atoms with Crippen LogP contribution in [0.4, 0.5) is 5.69 Å². The van der Waals surface area contributed by atoms with Crippen molar-refractivity contribution >= 4 is 34.1 Å². The molecule has 4 rings (SSSR count). The predicted molar refractivity (Wildman–Crippen MR) is 94.0 cm³/mol. The van der Waals surface area contributed by atoms with Gasteiger partial charge in [-0.25, -0.2) is 0 Å². The van der Waals surface area contributed by atoms with Gasteiger partial charge in [0.2, 0.25) is 5.91 Å². The minimum atomic E-state index is -0.439. The van der Waals surface area contributed by atoms with Crippen LogP contribution >= 0.6 is 11.6 Å². The van der Waals surface area contributed by atoms with Gasteiger partial charge >= 0.3 is 0 Å². The van der Waals surface area contributed by atoms with E-state index in [9.17, 15) is 4.79 Å². The Morgan fingerprint density at radius 3 is 2.74 bits per heavy atom. The number of carbonyl (C=O) groups excluding carboxylic acids is 1. The van der Waals surface area contributed by atoms with Gasteiger partial charge in [-0.2, -0.15) is 0 Å². The maximum atomic E-state index is 12.9. The van der Waals surface area contributed by atoms with Gasteiger partial charge < -0.3 is 10.3 Å². The third-order valence-electron chi connectivity index (χ3n) is 4.74. The highest BCUT2D eigenvalue weighted by atomic mass is 35.5. The maximum Gasteiger partial charge on any atom is 0.235 e.